The van der Waals surface area contributed by atoms with Crippen molar-refractivity contribution in [3.8, 4) is 0 Å². The number of oxazole rings is 1. The maximum Gasteiger partial charge on any atom is 0.416 e. The van der Waals surface area contributed by atoms with Crippen molar-refractivity contribution >= 4 is 16.9 Å². The molecule has 0 N–H and O–H groups in total. The lowest BCUT2D eigenvalue weighted by Crippen LogP contribution is -2.05. The number of aromatic nitrogens is 1. The largest absolute Gasteiger partial charge is 0.441 e. The van der Waals surface area contributed by atoms with Gasteiger partial charge in [0.25, 0.3) is 0 Å². The van der Waals surface area contributed by atoms with Crippen molar-refractivity contribution in [2.75, 3.05) is 0 Å². The molecular formula is C18H14F3NO2. The molecule has 6 heteroatoms. The molecule has 124 valence electrons. The minimum absolute atomic E-state index is 0.0918. The zero-order chi connectivity index (χ0) is 17.3. The third-order valence-electron chi connectivity index (χ3n) is 3.74. The molecular weight excluding hydrogens is 319 g/mol. The summed E-state index contributed by atoms with van der Waals surface area (Å²) in [5, 5.41) is 0. The summed E-state index contributed by atoms with van der Waals surface area (Å²) >= 11 is 0. The molecule has 0 spiro atoms. The van der Waals surface area contributed by atoms with Gasteiger partial charge in [0.1, 0.15) is 5.52 Å². The first-order valence-corrected chi connectivity index (χ1v) is 7.39. The Hall–Kier alpha value is -2.63. The second-order valence-electron chi connectivity index (χ2n) is 5.53. The third kappa shape index (κ3) is 3.48. The van der Waals surface area contributed by atoms with Crippen LogP contribution >= 0.6 is 0 Å². The number of carbonyl (C=O) groups is 1. The van der Waals surface area contributed by atoms with E-state index in [-0.39, 0.29) is 12.2 Å². The highest BCUT2D eigenvalue weighted by Gasteiger charge is 2.29. The summed E-state index contributed by atoms with van der Waals surface area (Å²) in [6, 6.07) is 9.91. The predicted molar refractivity (Wildman–Crippen MR) is 82.8 cm³/mol. The van der Waals surface area contributed by atoms with E-state index in [1.807, 2.05) is 0 Å². The summed E-state index contributed by atoms with van der Waals surface area (Å²) in [6.45, 7) is 1.73. The summed E-state index contributed by atoms with van der Waals surface area (Å²) < 4.78 is 42.9. The van der Waals surface area contributed by atoms with Gasteiger partial charge in [-0.05, 0) is 42.3 Å². The Balaban J connectivity index is 1.68. The van der Waals surface area contributed by atoms with Crippen LogP contribution in [-0.4, -0.2) is 10.8 Å². The van der Waals surface area contributed by atoms with Gasteiger partial charge in [0.15, 0.2) is 17.3 Å². The van der Waals surface area contributed by atoms with Crippen molar-refractivity contribution in [3.05, 3.63) is 65.0 Å². The van der Waals surface area contributed by atoms with Crippen molar-refractivity contribution in [1.29, 1.82) is 0 Å². The van der Waals surface area contributed by atoms with Crippen molar-refractivity contribution in [1.82, 2.24) is 4.98 Å². The zero-order valence-electron chi connectivity index (χ0n) is 12.9. The average Bonchev–Trinajstić information content (AvgIpc) is 2.91. The molecule has 0 saturated carbocycles. The molecule has 0 aliphatic rings. The zero-order valence-corrected chi connectivity index (χ0v) is 12.9. The number of nitrogens with zero attached hydrogens (tertiary/aromatic N) is 1. The van der Waals surface area contributed by atoms with E-state index in [0.717, 1.165) is 12.1 Å². The Morgan fingerprint density at radius 1 is 1.12 bits per heavy atom. The Morgan fingerprint density at radius 3 is 2.50 bits per heavy atom. The molecule has 0 fully saturated rings. The van der Waals surface area contributed by atoms with E-state index in [1.54, 1.807) is 25.1 Å². The van der Waals surface area contributed by atoms with Crippen LogP contribution in [0.25, 0.3) is 11.1 Å². The SMILES string of the molecule is Cc1nc2ccc(C(=O)CCc3ccc(C(F)(F)F)cc3)cc2o1. The van der Waals surface area contributed by atoms with Gasteiger partial charge in [0, 0.05) is 18.9 Å². The van der Waals surface area contributed by atoms with Gasteiger partial charge in [-0.3, -0.25) is 4.79 Å². The lowest BCUT2D eigenvalue weighted by molar-refractivity contribution is -0.137. The average molecular weight is 333 g/mol. The Bertz CT molecular complexity index is 879. The fraction of sp³-hybridized carbons (Fsp3) is 0.222. The van der Waals surface area contributed by atoms with Crippen LogP contribution in [0.5, 0.6) is 0 Å². The maximum absolute atomic E-state index is 12.5. The second-order valence-corrected chi connectivity index (χ2v) is 5.53. The van der Waals surface area contributed by atoms with Gasteiger partial charge >= 0.3 is 6.18 Å². The number of hydrogen-bond donors (Lipinski definition) is 0. The van der Waals surface area contributed by atoms with Crippen LogP contribution in [0.2, 0.25) is 0 Å². The van der Waals surface area contributed by atoms with Gasteiger partial charge in [-0.1, -0.05) is 12.1 Å². The Labute approximate surface area is 136 Å². The molecule has 0 saturated heterocycles. The molecule has 24 heavy (non-hydrogen) atoms. The van der Waals surface area contributed by atoms with Crippen LogP contribution in [0.3, 0.4) is 0 Å². The van der Waals surface area contributed by atoms with Gasteiger partial charge in [-0.15, -0.1) is 0 Å². The molecule has 0 radical (unpaired) electrons. The Morgan fingerprint density at radius 2 is 1.83 bits per heavy atom. The summed E-state index contributed by atoms with van der Waals surface area (Å²) in [6.07, 6.45) is -3.76. The summed E-state index contributed by atoms with van der Waals surface area (Å²) in [5.41, 5.74) is 1.74. The van der Waals surface area contributed by atoms with Gasteiger partial charge in [0.05, 0.1) is 5.56 Å². The second kappa shape index (κ2) is 6.11. The standard InChI is InChI=1S/C18H14F3NO2/c1-11-22-15-8-5-13(10-17(15)24-11)16(23)9-4-12-2-6-14(7-3-12)18(19,20)21/h2-3,5-8,10H,4,9H2,1H3. The molecule has 3 aromatic rings. The number of carbonyl (C=O) groups excluding carboxylic acids is 1. The first-order chi connectivity index (χ1) is 11.3. The van der Waals surface area contributed by atoms with E-state index >= 15 is 0 Å². The van der Waals surface area contributed by atoms with Gasteiger partial charge in [0.2, 0.25) is 0 Å². The summed E-state index contributed by atoms with van der Waals surface area (Å²) in [7, 11) is 0. The minimum Gasteiger partial charge on any atom is -0.441 e. The number of rotatable bonds is 4. The summed E-state index contributed by atoms with van der Waals surface area (Å²) in [4.78, 5) is 16.4. The van der Waals surface area contributed by atoms with E-state index in [1.165, 1.54) is 12.1 Å². The first-order valence-electron chi connectivity index (χ1n) is 7.39. The molecule has 0 aliphatic heterocycles. The molecule has 0 bridgehead atoms. The monoisotopic (exact) mass is 333 g/mol. The highest BCUT2D eigenvalue weighted by atomic mass is 19.4. The van der Waals surface area contributed by atoms with Crippen LogP contribution in [0.15, 0.2) is 46.9 Å². The number of ketones is 1. The van der Waals surface area contributed by atoms with Crippen molar-refractivity contribution < 1.29 is 22.4 Å². The highest BCUT2D eigenvalue weighted by Crippen LogP contribution is 2.29. The highest BCUT2D eigenvalue weighted by molar-refractivity contribution is 5.98. The molecule has 1 heterocycles. The Kier molecular flexibility index (Phi) is 4.13. The molecule has 0 aliphatic carbocycles. The molecule has 2 aromatic carbocycles. The number of hydrogen-bond acceptors (Lipinski definition) is 3. The number of aryl methyl sites for hydroxylation is 2. The molecule has 0 atom stereocenters. The molecule has 0 amide bonds. The molecule has 0 unspecified atom stereocenters. The first kappa shape index (κ1) is 16.2. The van der Waals surface area contributed by atoms with Gasteiger partial charge in [-0.2, -0.15) is 13.2 Å². The number of benzene rings is 2. The normalized spacial score (nSPS) is 11.8. The van der Waals surface area contributed by atoms with Gasteiger partial charge < -0.3 is 4.42 Å². The van der Waals surface area contributed by atoms with Crippen molar-refractivity contribution in [3.63, 3.8) is 0 Å². The van der Waals surface area contributed by atoms with Crippen LogP contribution in [0.4, 0.5) is 13.2 Å². The predicted octanol–water partition coefficient (Wildman–Crippen LogP) is 4.97. The molecule has 1 aromatic heterocycles. The fourth-order valence-electron chi connectivity index (χ4n) is 2.48. The summed E-state index contributed by atoms with van der Waals surface area (Å²) in [5.74, 6) is 0.435. The van der Waals surface area contributed by atoms with E-state index in [0.29, 0.717) is 34.5 Å². The fourth-order valence-corrected chi connectivity index (χ4v) is 2.48. The number of fused-ring (bicyclic) bond motifs is 1. The number of halogens is 3. The van der Waals surface area contributed by atoms with Crippen molar-refractivity contribution in [2.24, 2.45) is 0 Å². The van der Waals surface area contributed by atoms with E-state index in [2.05, 4.69) is 4.98 Å². The van der Waals surface area contributed by atoms with Crippen LogP contribution in [-0.2, 0) is 12.6 Å². The lowest BCUT2D eigenvalue weighted by Gasteiger charge is -2.07. The number of alkyl halides is 3. The van der Waals surface area contributed by atoms with Crippen LogP contribution < -0.4 is 0 Å². The maximum atomic E-state index is 12.5. The van der Waals surface area contributed by atoms with E-state index in [9.17, 15) is 18.0 Å². The van der Waals surface area contributed by atoms with E-state index in [4.69, 9.17) is 4.42 Å². The minimum atomic E-state index is -4.35. The van der Waals surface area contributed by atoms with Crippen LogP contribution in [0.1, 0.15) is 33.8 Å². The van der Waals surface area contributed by atoms with Gasteiger partial charge in [-0.25, -0.2) is 4.98 Å². The topological polar surface area (TPSA) is 43.1 Å². The quantitative estimate of drug-likeness (QED) is 0.633. The smallest absolute Gasteiger partial charge is 0.416 e. The van der Waals surface area contributed by atoms with Crippen molar-refractivity contribution in [2.45, 2.75) is 25.9 Å². The molecule has 3 rings (SSSR count). The third-order valence-corrected chi connectivity index (χ3v) is 3.74. The molecule has 3 nitrogen and oxygen atoms in total. The lowest BCUT2D eigenvalue weighted by atomic mass is 10.0. The van der Waals surface area contributed by atoms with E-state index < -0.39 is 11.7 Å². The van der Waals surface area contributed by atoms with Crippen LogP contribution in [0, 0.1) is 6.92 Å². The number of Topliss-reactive ketones (excluding diaryl/α,β-unsaturated/α-hetero) is 1.